The minimum Gasteiger partial charge on any atom is -0.470 e. The minimum absolute atomic E-state index is 0.0488. The lowest BCUT2D eigenvalue weighted by Crippen LogP contribution is -2.41. The van der Waals surface area contributed by atoms with Crippen molar-refractivity contribution < 1.29 is 23.7 Å². The zero-order chi connectivity index (χ0) is 17.3. The van der Waals surface area contributed by atoms with Gasteiger partial charge in [0.25, 0.3) is 5.88 Å². The average Bonchev–Trinajstić information content (AvgIpc) is 2.67. The Hall–Kier alpha value is -1.71. The molecule has 126 valence electrons. The number of methoxy groups -OCH3 is 1. The summed E-state index contributed by atoms with van der Waals surface area (Å²) in [5, 5.41) is 11.2. The standard InChI is InChI=1S/C14H21BN2O6/c1-13(2)14(3,4)23-15(22-13)10-8-11(17(18)19)12(16-9-10)21-7-6-20-5/h8-9H,6-7H2,1-5H3. The average molecular weight is 324 g/mol. The van der Waals surface area contributed by atoms with Crippen LogP contribution in [0.2, 0.25) is 0 Å². The van der Waals surface area contributed by atoms with Crippen LogP contribution in [0, 0.1) is 10.1 Å². The second-order valence-electron chi connectivity index (χ2n) is 6.28. The van der Waals surface area contributed by atoms with Gasteiger partial charge >= 0.3 is 12.8 Å². The van der Waals surface area contributed by atoms with Crippen molar-refractivity contribution in [2.24, 2.45) is 0 Å². The van der Waals surface area contributed by atoms with Gasteiger partial charge in [0.05, 0.1) is 22.7 Å². The van der Waals surface area contributed by atoms with E-state index < -0.39 is 23.2 Å². The first-order valence-corrected chi connectivity index (χ1v) is 7.29. The number of ether oxygens (including phenoxy) is 2. The Morgan fingerprint density at radius 2 is 1.87 bits per heavy atom. The van der Waals surface area contributed by atoms with Crippen molar-refractivity contribution >= 4 is 18.3 Å². The number of nitro groups is 1. The van der Waals surface area contributed by atoms with Crippen molar-refractivity contribution in [1.82, 2.24) is 4.98 Å². The molecular weight excluding hydrogens is 303 g/mol. The molecule has 1 aliphatic rings. The Morgan fingerprint density at radius 3 is 2.39 bits per heavy atom. The monoisotopic (exact) mass is 324 g/mol. The fourth-order valence-electron chi connectivity index (χ4n) is 2.03. The van der Waals surface area contributed by atoms with E-state index in [-0.39, 0.29) is 18.2 Å². The van der Waals surface area contributed by atoms with E-state index in [1.807, 2.05) is 27.7 Å². The van der Waals surface area contributed by atoms with Crippen LogP contribution in [0.15, 0.2) is 12.3 Å². The summed E-state index contributed by atoms with van der Waals surface area (Å²) in [4.78, 5) is 14.7. The molecule has 8 nitrogen and oxygen atoms in total. The molecule has 1 saturated heterocycles. The molecule has 1 fully saturated rings. The van der Waals surface area contributed by atoms with Crippen LogP contribution in [-0.2, 0) is 14.0 Å². The molecule has 0 N–H and O–H groups in total. The van der Waals surface area contributed by atoms with Crippen molar-refractivity contribution in [3.05, 3.63) is 22.4 Å². The lowest BCUT2D eigenvalue weighted by molar-refractivity contribution is -0.386. The van der Waals surface area contributed by atoms with Crippen molar-refractivity contribution in [3.63, 3.8) is 0 Å². The van der Waals surface area contributed by atoms with Crippen LogP contribution in [-0.4, -0.2) is 48.6 Å². The summed E-state index contributed by atoms with van der Waals surface area (Å²) in [5.41, 5.74) is -0.803. The van der Waals surface area contributed by atoms with Gasteiger partial charge in [-0.05, 0) is 27.7 Å². The normalized spacial score (nSPS) is 18.9. The second-order valence-corrected chi connectivity index (χ2v) is 6.28. The van der Waals surface area contributed by atoms with E-state index in [9.17, 15) is 10.1 Å². The van der Waals surface area contributed by atoms with E-state index in [2.05, 4.69) is 4.98 Å². The van der Waals surface area contributed by atoms with Gasteiger partial charge in [-0.2, -0.15) is 0 Å². The van der Waals surface area contributed by atoms with Crippen LogP contribution in [0.25, 0.3) is 0 Å². The van der Waals surface area contributed by atoms with E-state index >= 15 is 0 Å². The summed E-state index contributed by atoms with van der Waals surface area (Å²) < 4.78 is 21.9. The summed E-state index contributed by atoms with van der Waals surface area (Å²) in [5.74, 6) is -0.0488. The summed E-state index contributed by atoms with van der Waals surface area (Å²) in [7, 11) is 0.811. The molecule has 23 heavy (non-hydrogen) atoms. The number of pyridine rings is 1. The molecule has 1 aromatic rings. The lowest BCUT2D eigenvalue weighted by atomic mass is 9.80. The number of hydrogen-bond donors (Lipinski definition) is 0. The lowest BCUT2D eigenvalue weighted by Gasteiger charge is -2.32. The molecule has 0 amide bonds. The molecule has 0 aliphatic carbocycles. The smallest absolute Gasteiger partial charge is 0.470 e. The molecule has 1 aromatic heterocycles. The van der Waals surface area contributed by atoms with Gasteiger partial charge in [0.15, 0.2) is 0 Å². The minimum atomic E-state index is -0.709. The molecular formula is C14H21BN2O6. The predicted octanol–water partition coefficient (Wildman–Crippen LogP) is 1.31. The number of nitrogens with zero attached hydrogens (tertiary/aromatic N) is 2. The number of hydrogen-bond acceptors (Lipinski definition) is 7. The topological polar surface area (TPSA) is 93.0 Å². The SMILES string of the molecule is COCCOc1ncc(B2OC(C)(C)C(C)(C)O2)cc1[N+](=O)[O-]. The van der Waals surface area contributed by atoms with Crippen LogP contribution in [0.4, 0.5) is 5.69 Å². The highest BCUT2D eigenvalue weighted by atomic mass is 16.7. The van der Waals surface area contributed by atoms with E-state index in [0.29, 0.717) is 12.1 Å². The fraction of sp³-hybridized carbons (Fsp3) is 0.643. The second kappa shape index (κ2) is 6.42. The zero-order valence-corrected chi connectivity index (χ0v) is 14.0. The van der Waals surface area contributed by atoms with Gasteiger partial charge in [0.1, 0.15) is 6.61 Å². The van der Waals surface area contributed by atoms with Gasteiger partial charge in [0, 0.05) is 24.8 Å². The fourth-order valence-corrected chi connectivity index (χ4v) is 2.03. The summed E-state index contributed by atoms with van der Waals surface area (Å²) in [6.45, 7) is 8.15. The van der Waals surface area contributed by atoms with Crippen LogP contribution in [0.5, 0.6) is 5.88 Å². The molecule has 0 unspecified atom stereocenters. The third-order valence-corrected chi connectivity index (χ3v) is 4.10. The van der Waals surface area contributed by atoms with Gasteiger partial charge in [0.2, 0.25) is 0 Å². The third-order valence-electron chi connectivity index (χ3n) is 4.10. The van der Waals surface area contributed by atoms with E-state index in [1.165, 1.54) is 19.4 Å². The van der Waals surface area contributed by atoms with Gasteiger partial charge in [-0.3, -0.25) is 10.1 Å². The molecule has 0 aromatic carbocycles. The zero-order valence-electron chi connectivity index (χ0n) is 14.0. The van der Waals surface area contributed by atoms with Crippen LogP contribution >= 0.6 is 0 Å². The molecule has 0 spiro atoms. The Bertz CT molecular complexity index is 577. The highest BCUT2D eigenvalue weighted by Crippen LogP contribution is 2.36. The highest BCUT2D eigenvalue weighted by Gasteiger charge is 2.52. The molecule has 1 aliphatic heterocycles. The van der Waals surface area contributed by atoms with E-state index in [4.69, 9.17) is 18.8 Å². The van der Waals surface area contributed by atoms with Crippen LogP contribution < -0.4 is 10.2 Å². The maximum absolute atomic E-state index is 11.2. The Balaban J connectivity index is 2.25. The predicted molar refractivity (Wildman–Crippen MR) is 84.0 cm³/mol. The van der Waals surface area contributed by atoms with E-state index in [0.717, 1.165) is 0 Å². The number of rotatable bonds is 6. The van der Waals surface area contributed by atoms with Crippen molar-refractivity contribution in [2.75, 3.05) is 20.3 Å². The quantitative estimate of drug-likeness (QED) is 0.337. The van der Waals surface area contributed by atoms with Crippen LogP contribution in [0.3, 0.4) is 0 Å². The highest BCUT2D eigenvalue weighted by molar-refractivity contribution is 6.62. The van der Waals surface area contributed by atoms with Crippen molar-refractivity contribution in [2.45, 2.75) is 38.9 Å². The molecule has 2 rings (SSSR count). The third kappa shape index (κ3) is 3.62. The summed E-state index contributed by atoms with van der Waals surface area (Å²) in [6, 6.07) is 1.37. The number of aromatic nitrogens is 1. The molecule has 2 heterocycles. The maximum atomic E-state index is 11.2. The first-order valence-electron chi connectivity index (χ1n) is 7.29. The molecule has 0 radical (unpaired) electrons. The first-order chi connectivity index (χ1) is 10.7. The molecule has 9 heteroatoms. The van der Waals surface area contributed by atoms with Gasteiger partial charge in [-0.1, -0.05) is 0 Å². The Labute approximate surface area is 135 Å². The molecule has 0 saturated carbocycles. The van der Waals surface area contributed by atoms with E-state index in [1.54, 1.807) is 0 Å². The maximum Gasteiger partial charge on any atom is 0.496 e. The summed E-state index contributed by atoms with van der Waals surface area (Å²) in [6.07, 6.45) is 1.47. The summed E-state index contributed by atoms with van der Waals surface area (Å²) >= 11 is 0. The van der Waals surface area contributed by atoms with Gasteiger partial charge < -0.3 is 18.8 Å². The van der Waals surface area contributed by atoms with Crippen LogP contribution in [0.1, 0.15) is 27.7 Å². The first kappa shape index (κ1) is 17.6. The van der Waals surface area contributed by atoms with Crippen molar-refractivity contribution in [3.8, 4) is 5.88 Å². The largest absolute Gasteiger partial charge is 0.496 e. The van der Waals surface area contributed by atoms with Gasteiger partial charge in [-0.15, -0.1) is 0 Å². The molecule has 0 bridgehead atoms. The Morgan fingerprint density at radius 1 is 1.26 bits per heavy atom. The Kier molecular flexibility index (Phi) is 4.93. The van der Waals surface area contributed by atoms with Gasteiger partial charge in [-0.25, -0.2) is 4.98 Å². The van der Waals surface area contributed by atoms with Crippen molar-refractivity contribution in [1.29, 1.82) is 0 Å². The molecule has 0 atom stereocenters.